The number of fused-ring (bicyclic) bond motifs is 7. The van der Waals surface area contributed by atoms with Gasteiger partial charge in [0.2, 0.25) is 5.89 Å². The highest BCUT2D eigenvalue weighted by Gasteiger charge is 2.37. The van der Waals surface area contributed by atoms with Gasteiger partial charge in [-0.25, -0.2) is 4.98 Å². The van der Waals surface area contributed by atoms with E-state index < -0.39 is 0 Å². The molecular formula is C58H48BN4O. The fourth-order valence-electron chi connectivity index (χ4n) is 10.6. The van der Waals surface area contributed by atoms with Crippen molar-refractivity contribution in [2.75, 3.05) is 10.2 Å². The maximum Gasteiger partial charge on any atom is 0.227 e. The van der Waals surface area contributed by atoms with Gasteiger partial charge in [-0.15, -0.1) is 0 Å². The molecule has 6 heteroatoms. The van der Waals surface area contributed by atoms with Crippen molar-refractivity contribution in [1.29, 1.82) is 0 Å². The van der Waals surface area contributed by atoms with E-state index in [0.29, 0.717) is 5.89 Å². The molecule has 0 amide bonds. The van der Waals surface area contributed by atoms with Crippen LogP contribution in [0.25, 0.3) is 61.2 Å². The Morgan fingerprint density at radius 1 is 0.641 bits per heavy atom. The highest BCUT2D eigenvalue weighted by molar-refractivity contribution is 6.73. The molecule has 10 aromatic rings. The second-order valence-corrected chi connectivity index (χ2v) is 19.0. The van der Waals surface area contributed by atoms with Gasteiger partial charge in [-0.1, -0.05) is 118 Å². The summed E-state index contributed by atoms with van der Waals surface area (Å²) >= 11 is 0. The minimum absolute atomic E-state index is 0.0833. The molecule has 2 aliphatic rings. The number of aryl methyl sites for hydroxylation is 1. The average molecular weight is 828 g/mol. The lowest BCUT2D eigenvalue weighted by molar-refractivity contribution is 0.332. The van der Waals surface area contributed by atoms with Crippen LogP contribution < -0.4 is 21.1 Å². The first-order chi connectivity index (χ1) is 31.1. The molecule has 2 aromatic heterocycles. The van der Waals surface area contributed by atoms with Gasteiger partial charge in [-0.3, -0.25) is 0 Å². The van der Waals surface area contributed by atoms with Crippen molar-refractivity contribution >= 4 is 79.5 Å². The van der Waals surface area contributed by atoms with Crippen LogP contribution in [0.15, 0.2) is 174 Å². The highest BCUT2D eigenvalue weighted by Crippen LogP contribution is 2.48. The van der Waals surface area contributed by atoms with Crippen molar-refractivity contribution in [3.05, 3.63) is 187 Å². The van der Waals surface area contributed by atoms with E-state index in [1.165, 1.54) is 50.4 Å². The van der Waals surface area contributed by atoms with Crippen LogP contribution in [0.3, 0.4) is 0 Å². The SMILES string of the molecule is Cc1cc(-c2cc(N(c3ccccc3)c3ccccc3)ccc2Nc2ccc3c(c2)C(C)(C)CCC3(C)C)c2c3c1c1ccccc1n3-c1cc3nc(-c4ccccc4)oc3cc1[B]2. The van der Waals surface area contributed by atoms with Crippen molar-refractivity contribution in [1.82, 2.24) is 9.55 Å². The molecule has 1 aliphatic carbocycles. The number of para-hydroxylation sites is 3. The zero-order valence-corrected chi connectivity index (χ0v) is 36.9. The number of aromatic nitrogens is 2. The molecule has 0 bridgehead atoms. The average Bonchev–Trinajstić information content (AvgIpc) is 3.90. The Morgan fingerprint density at radius 2 is 1.31 bits per heavy atom. The number of oxazole rings is 1. The molecule has 0 fully saturated rings. The Morgan fingerprint density at radius 3 is 2.05 bits per heavy atom. The van der Waals surface area contributed by atoms with Gasteiger partial charge < -0.3 is 19.2 Å². The molecule has 0 atom stereocenters. The van der Waals surface area contributed by atoms with Gasteiger partial charge in [0.05, 0.1) is 5.52 Å². The smallest absolute Gasteiger partial charge is 0.227 e. The van der Waals surface area contributed by atoms with Crippen LogP contribution in [0.1, 0.15) is 57.2 Å². The van der Waals surface area contributed by atoms with Gasteiger partial charge in [-0.2, -0.15) is 0 Å². The molecule has 0 spiro atoms. The van der Waals surface area contributed by atoms with Crippen molar-refractivity contribution in [3.63, 3.8) is 0 Å². The molecular weight excluding hydrogens is 779 g/mol. The van der Waals surface area contributed by atoms with Crippen molar-refractivity contribution in [2.24, 2.45) is 0 Å². The van der Waals surface area contributed by atoms with E-state index in [-0.39, 0.29) is 10.8 Å². The van der Waals surface area contributed by atoms with Crippen LogP contribution in [0, 0.1) is 6.92 Å². The first-order valence-corrected chi connectivity index (χ1v) is 22.5. The lowest BCUT2D eigenvalue weighted by atomic mass is 9.58. The first kappa shape index (κ1) is 38.4. The summed E-state index contributed by atoms with van der Waals surface area (Å²) in [5.41, 5.74) is 20.3. The molecule has 1 aliphatic heterocycles. The monoisotopic (exact) mass is 827 g/mol. The maximum atomic E-state index is 6.51. The van der Waals surface area contributed by atoms with Crippen molar-refractivity contribution in [3.8, 4) is 28.3 Å². The van der Waals surface area contributed by atoms with Gasteiger partial charge in [0.25, 0.3) is 0 Å². The second-order valence-electron chi connectivity index (χ2n) is 19.0. The van der Waals surface area contributed by atoms with Crippen LogP contribution in [0.2, 0.25) is 0 Å². The molecule has 0 saturated heterocycles. The molecule has 3 heterocycles. The normalized spacial score (nSPS) is 14.6. The van der Waals surface area contributed by atoms with E-state index in [1.807, 2.05) is 30.3 Å². The standard InChI is InChI=1S/C58H48BN4O/c1-36-31-44(54-55-53(36)42-23-15-16-24-50(42)63(55)51-35-49-52(34-47(51)59-54)64-56(61-49)37-17-9-6-10-18-37)43-33-41(62(39-19-11-7-12-20-39)40-21-13-8-14-22-40)26-28-48(43)60-38-25-27-45-46(32-38)58(4,5)30-29-57(45,2)3/h6-28,31-35,60H,29-30H2,1-5H3. The van der Waals surface area contributed by atoms with Crippen LogP contribution in [-0.4, -0.2) is 16.8 Å². The highest BCUT2D eigenvalue weighted by atomic mass is 16.3. The minimum atomic E-state index is 0.0833. The summed E-state index contributed by atoms with van der Waals surface area (Å²) in [7, 11) is 2.38. The zero-order chi connectivity index (χ0) is 43.3. The third-order valence-electron chi connectivity index (χ3n) is 14.0. The van der Waals surface area contributed by atoms with Gasteiger partial charge in [0, 0.05) is 61.5 Å². The Hall–Kier alpha value is -7.31. The molecule has 309 valence electrons. The van der Waals surface area contributed by atoms with E-state index in [9.17, 15) is 0 Å². The summed E-state index contributed by atoms with van der Waals surface area (Å²) in [6.45, 7) is 11.9. The number of benzene rings is 8. The molecule has 12 rings (SSSR count). The van der Waals surface area contributed by atoms with Gasteiger partial charge in [0.15, 0.2) is 12.9 Å². The largest absolute Gasteiger partial charge is 0.436 e. The van der Waals surface area contributed by atoms with E-state index in [0.717, 1.165) is 73.8 Å². The Labute approximate surface area is 375 Å². The van der Waals surface area contributed by atoms with Gasteiger partial charge in [0.1, 0.15) is 5.52 Å². The predicted octanol–water partition coefficient (Wildman–Crippen LogP) is 14.1. The third-order valence-corrected chi connectivity index (χ3v) is 14.0. The van der Waals surface area contributed by atoms with E-state index in [4.69, 9.17) is 9.40 Å². The number of hydrogen-bond acceptors (Lipinski definition) is 4. The summed E-state index contributed by atoms with van der Waals surface area (Å²) in [5, 5.41) is 6.51. The molecule has 5 nitrogen and oxygen atoms in total. The summed E-state index contributed by atoms with van der Waals surface area (Å²) in [6, 6.07) is 61.1. The van der Waals surface area contributed by atoms with E-state index >= 15 is 0 Å². The van der Waals surface area contributed by atoms with Crippen molar-refractivity contribution in [2.45, 2.75) is 58.3 Å². The zero-order valence-electron chi connectivity index (χ0n) is 36.9. The lowest BCUT2D eigenvalue weighted by Gasteiger charge is -2.42. The number of rotatable bonds is 7. The van der Waals surface area contributed by atoms with Crippen LogP contribution in [0.4, 0.5) is 28.4 Å². The molecule has 8 aromatic carbocycles. The Kier molecular flexibility index (Phi) is 8.61. The lowest BCUT2D eigenvalue weighted by Crippen LogP contribution is -2.37. The number of anilines is 5. The first-order valence-electron chi connectivity index (χ1n) is 22.5. The Bertz CT molecular complexity index is 3420. The molecule has 1 radical (unpaired) electrons. The summed E-state index contributed by atoms with van der Waals surface area (Å²) in [6.07, 6.45) is 2.34. The van der Waals surface area contributed by atoms with Crippen LogP contribution in [-0.2, 0) is 10.8 Å². The molecule has 1 N–H and O–H groups in total. The number of hydrogen-bond donors (Lipinski definition) is 1. The van der Waals surface area contributed by atoms with Crippen molar-refractivity contribution < 1.29 is 4.42 Å². The summed E-state index contributed by atoms with van der Waals surface area (Å²) in [4.78, 5) is 7.38. The fraction of sp³-hybridized carbons (Fsp3) is 0.155. The molecule has 0 saturated carbocycles. The summed E-state index contributed by atoms with van der Waals surface area (Å²) < 4.78 is 8.97. The van der Waals surface area contributed by atoms with Gasteiger partial charge >= 0.3 is 0 Å². The predicted molar refractivity (Wildman–Crippen MR) is 269 cm³/mol. The van der Waals surface area contributed by atoms with Crippen LogP contribution in [0.5, 0.6) is 0 Å². The van der Waals surface area contributed by atoms with E-state index in [1.54, 1.807) is 0 Å². The topological polar surface area (TPSA) is 46.2 Å². The maximum absolute atomic E-state index is 6.51. The quantitative estimate of drug-likeness (QED) is 0.163. The number of nitrogens with zero attached hydrogens (tertiary/aromatic N) is 3. The van der Waals surface area contributed by atoms with Crippen LogP contribution >= 0.6 is 0 Å². The molecule has 64 heavy (non-hydrogen) atoms. The molecule has 0 unspecified atom stereocenters. The summed E-state index contributed by atoms with van der Waals surface area (Å²) in [5.74, 6) is 0.623. The number of nitrogens with one attached hydrogen (secondary N) is 1. The third kappa shape index (κ3) is 6.11. The van der Waals surface area contributed by atoms with E-state index in [2.05, 4.69) is 196 Å². The minimum Gasteiger partial charge on any atom is -0.436 e. The van der Waals surface area contributed by atoms with Gasteiger partial charge in [-0.05, 0) is 143 Å². The second kappa shape index (κ2) is 14.4. The fourth-order valence-corrected chi connectivity index (χ4v) is 10.6. The Balaban J connectivity index is 1.10.